The largest absolute Gasteiger partial charge is 0.329 e. The van der Waals surface area contributed by atoms with Crippen LogP contribution in [0.2, 0.25) is 5.02 Å². The van der Waals surface area contributed by atoms with Crippen molar-refractivity contribution < 1.29 is 4.39 Å². The molecule has 0 aliphatic carbocycles. The van der Waals surface area contributed by atoms with E-state index in [0.29, 0.717) is 13.1 Å². The third-order valence-corrected chi connectivity index (χ3v) is 4.10. The predicted molar refractivity (Wildman–Crippen MR) is 85.9 cm³/mol. The van der Waals surface area contributed by atoms with Crippen LogP contribution in [0.25, 0.3) is 0 Å². The van der Waals surface area contributed by atoms with Gasteiger partial charge in [-0.05, 0) is 48.9 Å². The van der Waals surface area contributed by atoms with E-state index in [4.69, 9.17) is 17.3 Å². The van der Waals surface area contributed by atoms with E-state index >= 15 is 0 Å². The zero-order valence-corrected chi connectivity index (χ0v) is 13.1. The lowest BCUT2D eigenvalue weighted by molar-refractivity contribution is 0.240. The van der Waals surface area contributed by atoms with Gasteiger partial charge in [-0.2, -0.15) is 0 Å². The van der Waals surface area contributed by atoms with Crippen LogP contribution in [-0.2, 0) is 6.54 Å². The van der Waals surface area contributed by atoms with Crippen molar-refractivity contribution in [3.63, 3.8) is 0 Å². The summed E-state index contributed by atoms with van der Waals surface area (Å²) >= 11 is 6.20. The highest BCUT2D eigenvalue weighted by molar-refractivity contribution is 6.31. The average Bonchev–Trinajstić information content (AvgIpc) is 2.46. The fourth-order valence-electron chi connectivity index (χ4n) is 2.52. The molecule has 0 aliphatic rings. The van der Waals surface area contributed by atoms with E-state index in [1.54, 1.807) is 12.1 Å². The van der Waals surface area contributed by atoms with E-state index in [1.165, 1.54) is 6.07 Å². The molecule has 21 heavy (non-hydrogen) atoms. The van der Waals surface area contributed by atoms with Crippen molar-refractivity contribution in [2.24, 2.45) is 5.73 Å². The molecule has 112 valence electrons. The molecule has 2 nitrogen and oxygen atoms in total. The van der Waals surface area contributed by atoms with Gasteiger partial charge in [-0.1, -0.05) is 35.9 Å². The molecular weight excluding hydrogens is 287 g/mol. The number of likely N-dealkylation sites (N-methyl/N-ethyl adjacent to an activating group) is 1. The van der Waals surface area contributed by atoms with Gasteiger partial charge in [-0.3, -0.25) is 4.90 Å². The summed E-state index contributed by atoms with van der Waals surface area (Å²) in [5, 5.41) is 0.732. The number of rotatable bonds is 5. The van der Waals surface area contributed by atoms with Crippen molar-refractivity contribution in [1.29, 1.82) is 0 Å². The first-order chi connectivity index (χ1) is 10.0. The number of hydrogen-bond donors (Lipinski definition) is 1. The molecule has 1 unspecified atom stereocenters. The fourth-order valence-corrected chi connectivity index (χ4v) is 2.72. The summed E-state index contributed by atoms with van der Waals surface area (Å²) in [5.74, 6) is -0.236. The molecule has 0 aromatic heterocycles. The summed E-state index contributed by atoms with van der Waals surface area (Å²) in [5.41, 5.74) is 8.92. The number of aryl methyl sites for hydroxylation is 1. The lowest BCUT2D eigenvalue weighted by Gasteiger charge is -2.29. The van der Waals surface area contributed by atoms with Gasteiger partial charge in [0.1, 0.15) is 5.82 Å². The summed E-state index contributed by atoms with van der Waals surface area (Å²) in [7, 11) is 1.98. The monoisotopic (exact) mass is 306 g/mol. The zero-order valence-electron chi connectivity index (χ0n) is 12.3. The molecule has 0 saturated carbocycles. The molecule has 0 spiro atoms. The molecule has 0 saturated heterocycles. The standard InChI is InChI=1S/C17H20ClFN2/c1-12-7-8-14(19)9-15(12)17(10-20)21(2)11-13-5-3-4-6-16(13)18/h3-9,17H,10-11,20H2,1-2H3. The Balaban J connectivity index is 2.25. The van der Waals surface area contributed by atoms with E-state index < -0.39 is 0 Å². The Hall–Kier alpha value is -1.42. The van der Waals surface area contributed by atoms with Crippen molar-refractivity contribution in [3.05, 3.63) is 70.0 Å². The van der Waals surface area contributed by atoms with E-state index in [0.717, 1.165) is 21.7 Å². The minimum Gasteiger partial charge on any atom is -0.329 e. The molecule has 0 amide bonds. The Morgan fingerprint density at radius 1 is 1.24 bits per heavy atom. The van der Waals surface area contributed by atoms with Crippen LogP contribution in [0.4, 0.5) is 4.39 Å². The van der Waals surface area contributed by atoms with Crippen LogP contribution in [0.5, 0.6) is 0 Å². The van der Waals surface area contributed by atoms with Crippen LogP contribution in [0, 0.1) is 12.7 Å². The zero-order chi connectivity index (χ0) is 15.4. The first-order valence-electron chi connectivity index (χ1n) is 6.92. The van der Waals surface area contributed by atoms with Crippen molar-refractivity contribution in [1.82, 2.24) is 4.90 Å². The highest BCUT2D eigenvalue weighted by Crippen LogP contribution is 2.26. The molecule has 2 aromatic rings. The van der Waals surface area contributed by atoms with Crippen molar-refractivity contribution in [2.75, 3.05) is 13.6 Å². The van der Waals surface area contributed by atoms with Gasteiger partial charge in [0.05, 0.1) is 0 Å². The number of benzene rings is 2. The summed E-state index contributed by atoms with van der Waals surface area (Å²) in [4.78, 5) is 2.10. The van der Waals surface area contributed by atoms with E-state index in [2.05, 4.69) is 4.90 Å². The first kappa shape index (κ1) is 16.0. The number of hydrogen-bond acceptors (Lipinski definition) is 2. The summed E-state index contributed by atoms with van der Waals surface area (Å²) in [6.45, 7) is 3.06. The Bertz CT molecular complexity index is 615. The molecular formula is C17H20ClFN2. The smallest absolute Gasteiger partial charge is 0.123 e. The molecule has 1 atom stereocenters. The molecule has 0 radical (unpaired) electrons. The van der Waals surface area contributed by atoms with Gasteiger partial charge < -0.3 is 5.73 Å². The van der Waals surface area contributed by atoms with Gasteiger partial charge in [0, 0.05) is 24.2 Å². The lowest BCUT2D eigenvalue weighted by Crippen LogP contribution is -2.31. The predicted octanol–water partition coefficient (Wildman–Crippen LogP) is 3.92. The molecule has 2 N–H and O–H groups in total. The highest BCUT2D eigenvalue weighted by atomic mass is 35.5. The summed E-state index contributed by atoms with van der Waals surface area (Å²) in [6, 6.07) is 12.5. The van der Waals surface area contributed by atoms with Gasteiger partial charge in [-0.15, -0.1) is 0 Å². The van der Waals surface area contributed by atoms with Crippen LogP contribution in [-0.4, -0.2) is 18.5 Å². The maximum Gasteiger partial charge on any atom is 0.123 e. The van der Waals surface area contributed by atoms with Crippen LogP contribution in [0.3, 0.4) is 0 Å². The minimum atomic E-state index is -0.236. The van der Waals surface area contributed by atoms with Crippen molar-refractivity contribution in [2.45, 2.75) is 19.5 Å². The van der Waals surface area contributed by atoms with Gasteiger partial charge in [0.25, 0.3) is 0 Å². The Kier molecular flexibility index (Phi) is 5.34. The minimum absolute atomic E-state index is 0.0445. The van der Waals surface area contributed by atoms with Crippen LogP contribution >= 0.6 is 11.6 Å². The second-order valence-corrected chi connectivity index (χ2v) is 5.67. The molecule has 0 heterocycles. The van der Waals surface area contributed by atoms with Crippen molar-refractivity contribution in [3.8, 4) is 0 Å². The van der Waals surface area contributed by atoms with E-state index in [-0.39, 0.29) is 11.9 Å². The normalized spacial score (nSPS) is 12.7. The third kappa shape index (κ3) is 3.82. The Morgan fingerprint density at radius 2 is 1.95 bits per heavy atom. The van der Waals surface area contributed by atoms with Crippen molar-refractivity contribution >= 4 is 11.6 Å². The summed E-state index contributed by atoms with van der Waals surface area (Å²) in [6.07, 6.45) is 0. The fraction of sp³-hybridized carbons (Fsp3) is 0.294. The second-order valence-electron chi connectivity index (χ2n) is 5.26. The topological polar surface area (TPSA) is 29.3 Å². The van der Waals surface area contributed by atoms with Gasteiger partial charge in [0.2, 0.25) is 0 Å². The SMILES string of the molecule is Cc1ccc(F)cc1C(CN)N(C)Cc1ccccc1Cl. The van der Waals surface area contributed by atoms with Crippen LogP contribution in [0.15, 0.2) is 42.5 Å². The van der Waals surface area contributed by atoms with Gasteiger partial charge in [0.15, 0.2) is 0 Å². The van der Waals surface area contributed by atoms with Gasteiger partial charge in [-0.25, -0.2) is 4.39 Å². The molecule has 0 aliphatic heterocycles. The molecule has 0 bridgehead atoms. The second kappa shape index (κ2) is 7.03. The van der Waals surface area contributed by atoms with Gasteiger partial charge >= 0.3 is 0 Å². The Labute approximate surface area is 130 Å². The number of halogens is 2. The van der Waals surface area contributed by atoms with Crippen LogP contribution in [0.1, 0.15) is 22.7 Å². The van der Waals surface area contributed by atoms with E-state index in [9.17, 15) is 4.39 Å². The molecule has 4 heteroatoms. The maximum atomic E-state index is 13.5. The third-order valence-electron chi connectivity index (χ3n) is 3.73. The van der Waals surface area contributed by atoms with E-state index in [1.807, 2.05) is 38.2 Å². The lowest BCUT2D eigenvalue weighted by atomic mass is 9.99. The number of nitrogens with two attached hydrogens (primary N) is 1. The average molecular weight is 307 g/mol. The molecule has 2 rings (SSSR count). The maximum absolute atomic E-state index is 13.5. The Morgan fingerprint density at radius 3 is 2.62 bits per heavy atom. The quantitative estimate of drug-likeness (QED) is 0.907. The number of nitrogens with zero attached hydrogens (tertiary/aromatic N) is 1. The first-order valence-corrected chi connectivity index (χ1v) is 7.30. The molecule has 2 aromatic carbocycles. The highest BCUT2D eigenvalue weighted by Gasteiger charge is 2.19. The molecule has 0 fully saturated rings. The van der Waals surface area contributed by atoms with Crippen LogP contribution < -0.4 is 5.73 Å². The summed E-state index contributed by atoms with van der Waals surface area (Å²) < 4.78 is 13.5.